The zero-order valence-corrected chi connectivity index (χ0v) is 11.8. The third-order valence-corrected chi connectivity index (χ3v) is 4.20. The van der Waals surface area contributed by atoms with Crippen LogP contribution in [0.1, 0.15) is 30.1 Å². The molecule has 2 heterocycles. The molecule has 1 fully saturated rings. The Hall–Kier alpha value is -0.580. The first kappa shape index (κ1) is 12.5. The van der Waals surface area contributed by atoms with E-state index < -0.39 is 6.10 Å². The van der Waals surface area contributed by atoms with Gasteiger partial charge in [-0.15, -0.1) is 0 Å². The van der Waals surface area contributed by atoms with Crippen LogP contribution in [0.4, 0.5) is 0 Å². The molecule has 18 heavy (non-hydrogen) atoms. The highest BCUT2D eigenvalue weighted by molar-refractivity contribution is 9.10. The summed E-state index contributed by atoms with van der Waals surface area (Å²) in [4.78, 5) is 0. The minimum absolute atomic E-state index is 0.182. The van der Waals surface area contributed by atoms with E-state index in [4.69, 9.17) is 9.47 Å². The lowest BCUT2D eigenvalue weighted by molar-refractivity contribution is -0.0107. The van der Waals surface area contributed by atoms with E-state index in [9.17, 15) is 5.11 Å². The van der Waals surface area contributed by atoms with E-state index in [1.54, 1.807) is 0 Å². The molecule has 0 amide bonds. The normalized spacial score (nSPS) is 24.4. The Balaban J connectivity index is 1.91. The topological polar surface area (TPSA) is 38.7 Å². The van der Waals surface area contributed by atoms with E-state index in [2.05, 4.69) is 22.0 Å². The van der Waals surface area contributed by atoms with Gasteiger partial charge in [-0.3, -0.25) is 0 Å². The molecule has 4 heteroatoms. The van der Waals surface area contributed by atoms with Gasteiger partial charge in [-0.1, -0.05) is 15.9 Å². The van der Waals surface area contributed by atoms with Crippen LogP contribution in [0, 0.1) is 5.92 Å². The second-order valence-electron chi connectivity index (χ2n) is 5.00. The average molecular weight is 313 g/mol. The summed E-state index contributed by atoms with van der Waals surface area (Å²) in [5.74, 6) is 1.07. The highest BCUT2D eigenvalue weighted by Crippen LogP contribution is 2.40. The summed E-state index contributed by atoms with van der Waals surface area (Å²) in [6, 6.07) is 4.05. The van der Waals surface area contributed by atoms with Crippen molar-refractivity contribution in [3.8, 4) is 5.75 Å². The van der Waals surface area contributed by atoms with Crippen molar-refractivity contribution < 1.29 is 14.6 Å². The predicted molar refractivity (Wildman–Crippen MR) is 71.8 cm³/mol. The van der Waals surface area contributed by atoms with Crippen LogP contribution in [0.3, 0.4) is 0 Å². The summed E-state index contributed by atoms with van der Waals surface area (Å²) < 4.78 is 12.1. The molecule has 2 atom stereocenters. The minimum atomic E-state index is -0.491. The van der Waals surface area contributed by atoms with Gasteiger partial charge in [-0.05, 0) is 30.5 Å². The van der Waals surface area contributed by atoms with Gasteiger partial charge in [-0.2, -0.15) is 0 Å². The number of halogens is 1. The van der Waals surface area contributed by atoms with Crippen molar-refractivity contribution >= 4 is 15.9 Å². The van der Waals surface area contributed by atoms with Crippen LogP contribution < -0.4 is 4.74 Å². The van der Waals surface area contributed by atoms with Crippen molar-refractivity contribution in [2.45, 2.75) is 25.4 Å². The van der Waals surface area contributed by atoms with E-state index in [0.29, 0.717) is 13.2 Å². The lowest BCUT2D eigenvalue weighted by Crippen LogP contribution is -2.24. The standard InChI is InChI=1S/C14H17BrO3/c15-11-6-9-3-5-18-14(9)12(7-11)13(16)10-2-1-4-17-8-10/h6-7,10,13,16H,1-5,8H2. The number of aliphatic hydroxyl groups excluding tert-OH is 1. The summed E-state index contributed by atoms with van der Waals surface area (Å²) in [5.41, 5.74) is 2.10. The molecule has 2 aliphatic rings. The molecule has 0 bridgehead atoms. The van der Waals surface area contributed by atoms with Crippen LogP contribution >= 0.6 is 15.9 Å². The number of ether oxygens (including phenoxy) is 2. The highest BCUT2D eigenvalue weighted by Gasteiger charge is 2.29. The number of benzene rings is 1. The van der Waals surface area contributed by atoms with Gasteiger partial charge in [0.1, 0.15) is 5.75 Å². The maximum Gasteiger partial charge on any atom is 0.128 e. The second-order valence-corrected chi connectivity index (χ2v) is 5.92. The second kappa shape index (κ2) is 5.19. The first-order chi connectivity index (χ1) is 8.75. The summed E-state index contributed by atoms with van der Waals surface area (Å²) >= 11 is 3.51. The minimum Gasteiger partial charge on any atom is -0.493 e. The van der Waals surface area contributed by atoms with E-state index >= 15 is 0 Å². The van der Waals surface area contributed by atoms with Crippen LogP contribution in [0.15, 0.2) is 16.6 Å². The maximum absolute atomic E-state index is 10.6. The Bertz CT molecular complexity index is 441. The SMILES string of the molecule is OC(c1cc(Br)cc2c1OCC2)C1CCCOC1. The molecular formula is C14H17BrO3. The molecule has 3 rings (SSSR count). The number of hydrogen-bond donors (Lipinski definition) is 1. The fourth-order valence-corrected chi connectivity index (χ4v) is 3.31. The van der Waals surface area contributed by atoms with Crippen molar-refractivity contribution in [3.63, 3.8) is 0 Å². The van der Waals surface area contributed by atoms with E-state index in [1.807, 2.05) is 6.07 Å². The first-order valence-electron chi connectivity index (χ1n) is 6.46. The van der Waals surface area contributed by atoms with Gasteiger partial charge in [0, 0.05) is 29.0 Å². The van der Waals surface area contributed by atoms with Crippen molar-refractivity contribution in [2.24, 2.45) is 5.92 Å². The molecule has 1 aromatic carbocycles. The number of hydrogen-bond acceptors (Lipinski definition) is 3. The summed E-state index contributed by atoms with van der Waals surface area (Å²) in [6.45, 7) is 2.17. The van der Waals surface area contributed by atoms with Crippen LogP contribution in [-0.4, -0.2) is 24.9 Å². The molecule has 2 unspecified atom stereocenters. The van der Waals surface area contributed by atoms with Gasteiger partial charge in [0.15, 0.2) is 0 Å². The van der Waals surface area contributed by atoms with Gasteiger partial charge >= 0.3 is 0 Å². The summed E-state index contributed by atoms with van der Waals surface area (Å²) in [7, 11) is 0. The lowest BCUT2D eigenvalue weighted by Gasteiger charge is -2.27. The maximum atomic E-state index is 10.6. The predicted octanol–water partition coefficient (Wildman–Crippen LogP) is 2.84. The molecule has 0 spiro atoms. The number of aliphatic hydroxyl groups is 1. The zero-order valence-electron chi connectivity index (χ0n) is 10.2. The van der Waals surface area contributed by atoms with Crippen molar-refractivity contribution in [2.75, 3.05) is 19.8 Å². The molecule has 0 radical (unpaired) electrons. The average Bonchev–Trinajstić information content (AvgIpc) is 2.86. The fraction of sp³-hybridized carbons (Fsp3) is 0.571. The Labute approximate surface area is 115 Å². The van der Waals surface area contributed by atoms with Gasteiger partial charge in [0.25, 0.3) is 0 Å². The third-order valence-electron chi connectivity index (χ3n) is 3.74. The number of fused-ring (bicyclic) bond motifs is 1. The Morgan fingerprint density at radius 3 is 3.00 bits per heavy atom. The fourth-order valence-electron chi connectivity index (χ4n) is 2.79. The summed E-state index contributed by atoms with van der Waals surface area (Å²) in [6.07, 6.45) is 2.48. The molecule has 1 aromatic rings. The van der Waals surface area contributed by atoms with Crippen LogP contribution in [0.5, 0.6) is 5.75 Å². The van der Waals surface area contributed by atoms with E-state index in [0.717, 1.165) is 41.7 Å². The Morgan fingerprint density at radius 2 is 2.22 bits per heavy atom. The smallest absolute Gasteiger partial charge is 0.128 e. The van der Waals surface area contributed by atoms with E-state index in [-0.39, 0.29) is 5.92 Å². The molecular weight excluding hydrogens is 296 g/mol. The molecule has 0 aromatic heterocycles. The van der Waals surface area contributed by atoms with Gasteiger partial charge < -0.3 is 14.6 Å². The first-order valence-corrected chi connectivity index (χ1v) is 7.26. The number of rotatable bonds is 2. The Kier molecular flexibility index (Phi) is 3.59. The third kappa shape index (κ3) is 2.29. The van der Waals surface area contributed by atoms with Crippen LogP contribution in [0.25, 0.3) is 0 Å². The molecule has 2 aliphatic heterocycles. The van der Waals surface area contributed by atoms with Crippen LogP contribution in [0.2, 0.25) is 0 Å². The zero-order chi connectivity index (χ0) is 12.5. The van der Waals surface area contributed by atoms with Crippen molar-refractivity contribution in [1.82, 2.24) is 0 Å². The van der Waals surface area contributed by atoms with Crippen LogP contribution in [-0.2, 0) is 11.2 Å². The molecule has 3 nitrogen and oxygen atoms in total. The van der Waals surface area contributed by atoms with Crippen molar-refractivity contribution in [3.05, 3.63) is 27.7 Å². The molecule has 98 valence electrons. The van der Waals surface area contributed by atoms with E-state index in [1.165, 1.54) is 5.56 Å². The highest BCUT2D eigenvalue weighted by atomic mass is 79.9. The van der Waals surface area contributed by atoms with Gasteiger partial charge in [0.05, 0.1) is 19.3 Å². The monoisotopic (exact) mass is 312 g/mol. The summed E-state index contributed by atoms with van der Waals surface area (Å²) in [5, 5.41) is 10.6. The van der Waals surface area contributed by atoms with Crippen molar-refractivity contribution in [1.29, 1.82) is 0 Å². The Morgan fingerprint density at radius 1 is 1.33 bits per heavy atom. The molecule has 0 aliphatic carbocycles. The van der Waals surface area contributed by atoms with Gasteiger partial charge in [0.2, 0.25) is 0 Å². The largest absolute Gasteiger partial charge is 0.493 e. The molecule has 1 N–H and O–H groups in total. The quantitative estimate of drug-likeness (QED) is 0.912. The van der Waals surface area contributed by atoms with Gasteiger partial charge in [-0.25, -0.2) is 0 Å². The molecule has 1 saturated heterocycles. The molecule has 0 saturated carbocycles. The lowest BCUT2D eigenvalue weighted by atomic mass is 9.90.